The van der Waals surface area contributed by atoms with Gasteiger partial charge in [-0.05, 0) is 38.1 Å². The lowest BCUT2D eigenvalue weighted by Crippen LogP contribution is -2.46. The van der Waals surface area contributed by atoms with E-state index in [2.05, 4.69) is 5.32 Å². The molecule has 102 valence electrons. The third-order valence-corrected chi connectivity index (χ3v) is 3.78. The molecular formula is C13H22N2O3. The lowest BCUT2D eigenvalue weighted by molar-refractivity contribution is -0.144. The second kappa shape index (κ2) is 6.18. The number of hydrogen-bond acceptors (Lipinski definition) is 3. The van der Waals surface area contributed by atoms with Gasteiger partial charge in [-0.15, -0.1) is 0 Å². The van der Waals surface area contributed by atoms with E-state index in [9.17, 15) is 14.7 Å². The van der Waals surface area contributed by atoms with Crippen LogP contribution in [0.1, 0.15) is 38.5 Å². The Balaban J connectivity index is 1.82. The zero-order valence-electron chi connectivity index (χ0n) is 10.7. The van der Waals surface area contributed by atoms with Crippen molar-refractivity contribution in [3.63, 3.8) is 0 Å². The van der Waals surface area contributed by atoms with Crippen LogP contribution in [0.15, 0.2) is 0 Å². The van der Waals surface area contributed by atoms with Crippen molar-refractivity contribution in [1.29, 1.82) is 0 Å². The first-order chi connectivity index (χ1) is 8.66. The summed E-state index contributed by atoms with van der Waals surface area (Å²) in [6.07, 6.45) is 6.07. The van der Waals surface area contributed by atoms with Crippen LogP contribution in [0.3, 0.4) is 0 Å². The first-order valence-corrected chi connectivity index (χ1v) is 6.90. The molecule has 2 aliphatic rings. The van der Waals surface area contributed by atoms with Crippen molar-refractivity contribution in [1.82, 2.24) is 10.2 Å². The molecule has 2 N–H and O–H groups in total. The van der Waals surface area contributed by atoms with Crippen LogP contribution in [0.25, 0.3) is 0 Å². The molecule has 2 rings (SSSR count). The molecule has 1 unspecified atom stereocenters. The fourth-order valence-electron chi connectivity index (χ4n) is 2.46. The zero-order valence-corrected chi connectivity index (χ0v) is 10.7. The van der Waals surface area contributed by atoms with Gasteiger partial charge in [-0.3, -0.25) is 14.5 Å². The molecular weight excluding hydrogens is 232 g/mol. The summed E-state index contributed by atoms with van der Waals surface area (Å²) in [7, 11) is 0. The number of rotatable bonds is 5. The molecule has 0 aromatic rings. The van der Waals surface area contributed by atoms with E-state index >= 15 is 0 Å². The number of amides is 1. The summed E-state index contributed by atoms with van der Waals surface area (Å²) >= 11 is 0. The molecule has 1 saturated heterocycles. The Hall–Kier alpha value is -1.10. The van der Waals surface area contributed by atoms with Crippen LogP contribution in [-0.4, -0.2) is 47.6 Å². The number of hydrogen-bond donors (Lipinski definition) is 2. The summed E-state index contributed by atoms with van der Waals surface area (Å²) in [6.45, 7) is 1.70. The quantitative estimate of drug-likeness (QED) is 0.763. The van der Waals surface area contributed by atoms with Gasteiger partial charge in [0.25, 0.3) is 0 Å². The second-order valence-corrected chi connectivity index (χ2v) is 5.42. The van der Waals surface area contributed by atoms with Gasteiger partial charge >= 0.3 is 5.97 Å². The maximum atomic E-state index is 11.8. The van der Waals surface area contributed by atoms with Gasteiger partial charge in [-0.1, -0.05) is 12.8 Å². The molecule has 0 radical (unpaired) electrons. The summed E-state index contributed by atoms with van der Waals surface area (Å²) in [5, 5.41) is 12.1. The molecule has 1 aliphatic heterocycles. The van der Waals surface area contributed by atoms with Crippen molar-refractivity contribution in [2.75, 3.05) is 19.6 Å². The number of carboxylic acids is 1. The van der Waals surface area contributed by atoms with Crippen molar-refractivity contribution in [2.24, 2.45) is 5.92 Å². The molecule has 1 heterocycles. The highest BCUT2D eigenvalue weighted by Gasteiger charge is 2.29. The van der Waals surface area contributed by atoms with Gasteiger partial charge < -0.3 is 10.4 Å². The number of carbonyl (C=O) groups is 2. The van der Waals surface area contributed by atoms with Crippen molar-refractivity contribution in [3.8, 4) is 0 Å². The zero-order chi connectivity index (χ0) is 13.0. The summed E-state index contributed by atoms with van der Waals surface area (Å²) < 4.78 is 0. The SMILES string of the molecule is O=C(CN1CCCCCC1C(=O)O)NCC1CC1. The first-order valence-electron chi connectivity index (χ1n) is 6.90. The molecule has 5 nitrogen and oxygen atoms in total. The van der Waals surface area contributed by atoms with Crippen LogP contribution in [-0.2, 0) is 9.59 Å². The highest BCUT2D eigenvalue weighted by molar-refractivity contribution is 5.80. The molecule has 18 heavy (non-hydrogen) atoms. The van der Waals surface area contributed by atoms with E-state index in [1.165, 1.54) is 12.8 Å². The molecule has 0 aromatic heterocycles. The van der Waals surface area contributed by atoms with Gasteiger partial charge in [0.15, 0.2) is 0 Å². The summed E-state index contributed by atoms with van der Waals surface area (Å²) in [5.41, 5.74) is 0. The number of carboxylic acid groups (broad SMARTS) is 1. The first kappa shape index (κ1) is 13.3. The smallest absolute Gasteiger partial charge is 0.320 e. The van der Waals surface area contributed by atoms with Gasteiger partial charge in [0, 0.05) is 6.54 Å². The highest BCUT2D eigenvalue weighted by atomic mass is 16.4. The second-order valence-electron chi connectivity index (χ2n) is 5.42. The molecule has 1 atom stereocenters. The average Bonchev–Trinajstić information content (AvgIpc) is 3.13. The van der Waals surface area contributed by atoms with E-state index in [4.69, 9.17) is 0 Å². The van der Waals surface area contributed by atoms with Gasteiger partial charge in [0.05, 0.1) is 6.54 Å². The molecule has 2 fully saturated rings. The largest absolute Gasteiger partial charge is 0.480 e. The molecule has 1 aliphatic carbocycles. The lowest BCUT2D eigenvalue weighted by atomic mass is 10.1. The summed E-state index contributed by atoms with van der Waals surface area (Å²) in [5.74, 6) is -0.171. The Morgan fingerprint density at radius 2 is 1.94 bits per heavy atom. The molecule has 0 bridgehead atoms. The Morgan fingerprint density at radius 3 is 2.61 bits per heavy atom. The molecule has 0 aromatic carbocycles. The van der Waals surface area contributed by atoms with Gasteiger partial charge in [-0.25, -0.2) is 0 Å². The van der Waals surface area contributed by atoms with Crippen molar-refractivity contribution < 1.29 is 14.7 Å². The topological polar surface area (TPSA) is 69.6 Å². The maximum absolute atomic E-state index is 11.8. The Kier molecular flexibility index (Phi) is 4.58. The van der Waals surface area contributed by atoms with E-state index in [0.717, 1.165) is 25.8 Å². The van der Waals surface area contributed by atoms with E-state index in [-0.39, 0.29) is 12.5 Å². The minimum Gasteiger partial charge on any atom is -0.480 e. The van der Waals surface area contributed by atoms with Crippen LogP contribution >= 0.6 is 0 Å². The minimum absolute atomic E-state index is 0.0324. The van der Waals surface area contributed by atoms with Crippen molar-refractivity contribution >= 4 is 11.9 Å². The van der Waals surface area contributed by atoms with Gasteiger partial charge in [0.2, 0.25) is 5.91 Å². The van der Waals surface area contributed by atoms with Gasteiger partial charge in [-0.2, -0.15) is 0 Å². The standard InChI is InChI=1S/C13H22N2O3/c16-12(14-8-10-5-6-10)9-15-7-3-1-2-4-11(15)13(17)18/h10-11H,1-9H2,(H,14,16)(H,17,18). The van der Waals surface area contributed by atoms with E-state index in [1.807, 2.05) is 4.90 Å². The fraction of sp³-hybridized carbons (Fsp3) is 0.846. The lowest BCUT2D eigenvalue weighted by Gasteiger charge is -2.25. The summed E-state index contributed by atoms with van der Waals surface area (Å²) in [6, 6.07) is -0.487. The fourth-order valence-corrected chi connectivity index (χ4v) is 2.46. The normalized spacial score (nSPS) is 25.4. The van der Waals surface area contributed by atoms with Crippen LogP contribution in [0, 0.1) is 5.92 Å². The minimum atomic E-state index is -0.799. The Bertz CT molecular complexity index is 315. The predicted octanol–water partition coefficient (Wildman–Crippen LogP) is 0.842. The predicted molar refractivity (Wildman–Crippen MR) is 67.2 cm³/mol. The average molecular weight is 254 g/mol. The Labute approximate surface area is 108 Å². The van der Waals surface area contributed by atoms with Crippen LogP contribution in [0.5, 0.6) is 0 Å². The van der Waals surface area contributed by atoms with Crippen LogP contribution < -0.4 is 5.32 Å². The van der Waals surface area contributed by atoms with E-state index in [1.54, 1.807) is 0 Å². The third-order valence-electron chi connectivity index (χ3n) is 3.78. The maximum Gasteiger partial charge on any atom is 0.320 e. The van der Waals surface area contributed by atoms with E-state index < -0.39 is 12.0 Å². The van der Waals surface area contributed by atoms with Crippen LogP contribution in [0.4, 0.5) is 0 Å². The molecule has 0 spiro atoms. The monoisotopic (exact) mass is 254 g/mol. The molecule has 1 amide bonds. The number of likely N-dealkylation sites (tertiary alicyclic amines) is 1. The van der Waals surface area contributed by atoms with Crippen molar-refractivity contribution in [2.45, 2.75) is 44.6 Å². The number of nitrogens with zero attached hydrogens (tertiary/aromatic N) is 1. The molecule has 5 heteroatoms. The Morgan fingerprint density at radius 1 is 1.17 bits per heavy atom. The van der Waals surface area contributed by atoms with Crippen molar-refractivity contribution in [3.05, 3.63) is 0 Å². The highest BCUT2D eigenvalue weighted by Crippen LogP contribution is 2.27. The van der Waals surface area contributed by atoms with Gasteiger partial charge in [0.1, 0.15) is 6.04 Å². The van der Waals surface area contributed by atoms with Crippen LogP contribution in [0.2, 0.25) is 0 Å². The number of nitrogens with one attached hydrogen (secondary N) is 1. The number of carbonyl (C=O) groups excluding carboxylic acids is 1. The summed E-state index contributed by atoms with van der Waals surface area (Å²) in [4.78, 5) is 24.8. The van der Waals surface area contributed by atoms with E-state index in [0.29, 0.717) is 18.9 Å². The number of aliphatic carboxylic acids is 1. The third kappa shape index (κ3) is 3.98. The molecule has 1 saturated carbocycles.